The summed E-state index contributed by atoms with van der Waals surface area (Å²) < 4.78 is 5.90. The highest BCUT2D eigenvalue weighted by Crippen LogP contribution is 2.33. The van der Waals surface area contributed by atoms with Gasteiger partial charge in [0.25, 0.3) is 11.1 Å². The number of thioether (sulfide) groups is 1. The Morgan fingerprint density at radius 3 is 2.39 bits per heavy atom. The zero-order valence-corrected chi connectivity index (χ0v) is 18.7. The summed E-state index contributed by atoms with van der Waals surface area (Å²) >= 11 is 0.978. The van der Waals surface area contributed by atoms with Gasteiger partial charge in [0.1, 0.15) is 12.4 Å². The number of hydrogen-bond donors (Lipinski definition) is 0. The standard InChI is InChI=1S/C26H25NO3S/c1-26(2,3)20-13-11-18(12-14-20)17-23-24(28)27(25(29)31-23)15-16-30-22-10-6-8-19-7-4-5-9-21(19)22/h4-14,17H,15-16H2,1-3H3/b23-17-. The number of ether oxygens (including phenoxy) is 1. The smallest absolute Gasteiger partial charge is 0.293 e. The van der Waals surface area contributed by atoms with E-state index in [-0.39, 0.29) is 29.7 Å². The van der Waals surface area contributed by atoms with Gasteiger partial charge in [0, 0.05) is 5.39 Å². The van der Waals surface area contributed by atoms with E-state index < -0.39 is 0 Å². The third-order valence-electron chi connectivity index (χ3n) is 5.27. The highest BCUT2D eigenvalue weighted by atomic mass is 32.2. The number of imide groups is 1. The molecule has 1 saturated heterocycles. The fourth-order valence-electron chi connectivity index (χ4n) is 3.49. The lowest BCUT2D eigenvalue weighted by Gasteiger charge is -2.18. The first-order valence-electron chi connectivity index (χ1n) is 10.3. The van der Waals surface area contributed by atoms with E-state index in [2.05, 4.69) is 32.9 Å². The van der Waals surface area contributed by atoms with Gasteiger partial charge in [-0.15, -0.1) is 0 Å². The van der Waals surface area contributed by atoms with Crippen LogP contribution in [0.1, 0.15) is 31.9 Å². The molecule has 31 heavy (non-hydrogen) atoms. The van der Waals surface area contributed by atoms with Gasteiger partial charge in [-0.3, -0.25) is 14.5 Å². The Morgan fingerprint density at radius 2 is 1.65 bits per heavy atom. The fraction of sp³-hybridized carbons (Fsp3) is 0.231. The lowest BCUT2D eigenvalue weighted by molar-refractivity contribution is -0.123. The molecule has 1 heterocycles. The first-order valence-corrected chi connectivity index (χ1v) is 11.1. The van der Waals surface area contributed by atoms with Crippen LogP contribution in [0.4, 0.5) is 4.79 Å². The van der Waals surface area contributed by atoms with Gasteiger partial charge in [-0.05, 0) is 45.8 Å². The average Bonchev–Trinajstić information content (AvgIpc) is 3.01. The number of rotatable bonds is 5. The molecule has 1 aliphatic rings. The van der Waals surface area contributed by atoms with Crippen LogP contribution in [0.15, 0.2) is 71.6 Å². The molecule has 0 aliphatic carbocycles. The predicted octanol–water partition coefficient (Wildman–Crippen LogP) is 6.25. The van der Waals surface area contributed by atoms with Gasteiger partial charge in [0.2, 0.25) is 0 Å². The summed E-state index contributed by atoms with van der Waals surface area (Å²) in [5.74, 6) is 0.482. The van der Waals surface area contributed by atoms with Gasteiger partial charge in [-0.2, -0.15) is 0 Å². The summed E-state index contributed by atoms with van der Waals surface area (Å²) in [7, 11) is 0. The van der Waals surface area contributed by atoms with Gasteiger partial charge in [-0.1, -0.05) is 81.4 Å². The van der Waals surface area contributed by atoms with E-state index in [9.17, 15) is 9.59 Å². The van der Waals surface area contributed by atoms with Crippen LogP contribution in [0.5, 0.6) is 5.75 Å². The Balaban J connectivity index is 1.42. The summed E-state index contributed by atoms with van der Waals surface area (Å²) in [6.07, 6.45) is 1.78. The number of carbonyl (C=O) groups excluding carboxylic acids is 2. The Bertz CT molecular complexity index is 1150. The Labute approximate surface area is 186 Å². The number of fused-ring (bicyclic) bond motifs is 1. The SMILES string of the molecule is CC(C)(C)c1ccc(/C=C2\SC(=O)N(CCOc3cccc4ccccc34)C2=O)cc1. The number of amides is 2. The third-order valence-corrected chi connectivity index (χ3v) is 6.18. The topological polar surface area (TPSA) is 46.6 Å². The van der Waals surface area contributed by atoms with Crippen molar-refractivity contribution in [3.8, 4) is 5.75 Å². The van der Waals surface area contributed by atoms with Crippen LogP contribution in [0.2, 0.25) is 0 Å². The van der Waals surface area contributed by atoms with Crippen molar-refractivity contribution in [2.24, 2.45) is 0 Å². The van der Waals surface area contributed by atoms with E-state index in [0.717, 1.165) is 33.8 Å². The first-order chi connectivity index (χ1) is 14.8. The minimum Gasteiger partial charge on any atom is -0.491 e. The number of benzene rings is 3. The molecule has 1 fully saturated rings. The van der Waals surface area contributed by atoms with Gasteiger partial charge in [0.05, 0.1) is 11.4 Å². The van der Waals surface area contributed by atoms with E-state index in [0.29, 0.717) is 4.91 Å². The van der Waals surface area contributed by atoms with Crippen molar-refractivity contribution in [3.63, 3.8) is 0 Å². The quantitative estimate of drug-likeness (QED) is 0.448. The third kappa shape index (κ3) is 4.67. The lowest BCUT2D eigenvalue weighted by Crippen LogP contribution is -2.32. The molecule has 0 aromatic heterocycles. The molecule has 0 N–H and O–H groups in total. The molecule has 0 spiro atoms. The number of nitrogens with zero attached hydrogens (tertiary/aromatic N) is 1. The second kappa shape index (κ2) is 8.60. The second-order valence-corrected chi connectivity index (χ2v) is 9.52. The van der Waals surface area contributed by atoms with Crippen molar-refractivity contribution >= 4 is 39.8 Å². The molecule has 0 atom stereocenters. The maximum Gasteiger partial charge on any atom is 0.293 e. The molecule has 5 heteroatoms. The van der Waals surface area contributed by atoms with E-state index >= 15 is 0 Å². The van der Waals surface area contributed by atoms with Gasteiger partial charge in [0.15, 0.2) is 0 Å². The van der Waals surface area contributed by atoms with E-state index in [4.69, 9.17) is 4.74 Å². The Hall–Kier alpha value is -3.05. The predicted molar refractivity (Wildman–Crippen MR) is 127 cm³/mol. The summed E-state index contributed by atoms with van der Waals surface area (Å²) in [5, 5.41) is 1.84. The normalized spacial score (nSPS) is 15.8. The summed E-state index contributed by atoms with van der Waals surface area (Å²) in [6, 6.07) is 21.9. The molecule has 0 radical (unpaired) electrons. The molecule has 0 bridgehead atoms. The summed E-state index contributed by atoms with van der Waals surface area (Å²) in [5.41, 5.74) is 2.20. The first kappa shape index (κ1) is 21.2. The molecule has 3 aromatic rings. The van der Waals surface area contributed by atoms with Gasteiger partial charge < -0.3 is 4.74 Å². The molecular weight excluding hydrogens is 406 g/mol. The maximum atomic E-state index is 12.8. The average molecular weight is 432 g/mol. The lowest BCUT2D eigenvalue weighted by atomic mass is 9.87. The van der Waals surface area contributed by atoms with Crippen molar-refractivity contribution in [3.05, 3.63) is 82.8 Å². The van der Waals surface area contributed by atoms with Crippen LogP contribution < -0.4 is 4.74 Å². The molecular formula is C26H25NO3S. The van der Waals surface area contributed by atoms with Crippen LogP contribution in [0.25, 0.3) is 16.8 Å². The monoisotopic (exact) mass is 431 g/mol. The van der Waals surface area contributed by atoms with Crippen molar-refractivity contribution in [1.29, 1.82) is 0 Å². The van der Waals surface area contributed by atoms with Gasteiger partial charge in [-0.25, -0.2) is 0 Å². The van der Waals surface area contributed by atoms with Crippen LogP contribution >= 0.6 is 11.8 Å². The molecule has 1 aliphatic heterocycles. The highest BCUT2D eigenvalue weighted by Gasteiger charge is 2.34. The molecule has 4 rings (SSSR count). The molecule has 0 saturated carbocycles. The number of hydrogen-bond acceptors (Lipinski definition) is 4. The molecule has 3 aromatic carbocycles. The summed E-state index contributed by atoms with van der Waals surface area (Å²) in [6.45, 7) is 6.95. The van der Waals surface area contributed by atoms with Crippen LogP contribution in [-0.4, -0.2) is 29.2 Å². The zero-order valence-electron chi connectivity index (χ0n) is 17.9. The van der Waals surface area contributed by atoms with E-state index in [1.807, 2.05) is 54.6 Å². The minimum absolute atomic E-state index is 0.0699. The van der Waals surface area contributed by atoms with Crippen LogP contribution in [0.3, 0.4) is 0 Å². The van der Waals surface area contributed by atoms with Crippen molar-refractivity contribution < 1.29 is 14.3 Å². The van der Waals surface area contributed by atoms with Crippen LogP contribution in [-0.2, 0) is 10.2 Å². The Kier molecular flexibility index (Phi) is 5.88. The molecule has 2 amide bonds. The maximum absolute atomic E-state index is 12.8. The molecule has 4 nitrogen and oxygen atoms in total. The fourth-order valence-corrected chi connectivity index (χ4v) is 4.36. The van der Waals surface area contributed by atoms with E-state index in [1.165, 1.54) is 10.5 Å². The van der Waals surface area contributed by atoms with Gasteiger partial charge >= 0.3 is 0 Å². The van der Waals surface area contributed by atoms with Crippen molar-refractivity contribution in [1.82, 2.24) is 4.90 Å². The van der Waals surface area contributed by atoms with E-state index in [1.54, 1.807) is 6.08 Å². The summed E-state index contributed by atoms with van der Waals surface area (Å²) in [4.78, 5) is 26.9. The highest BCUT2D eigenvalue weighted by molar-refractivity contribution is 8.18. The van der Waals surface area contributed by atoms with Crippen molar-refractivity contribution in [2.45, 2.75) is 26.2 Å². The van der Waals surface area contributed by atoms with Crippen molar-refractivity contribution in [2.75, 3.05) is 13.2 Å². The number of carbonyl (C=O) groups is 2. The Morgan fingerprint density at radius 1 is 0.935 bits per heavy atom. The zero-order chi connectivity index (χ0) is 22.0. The molecule has 158 valence electrons. The minimum atomic E-state index is -0.267. The van der Waals surface area contributed by atoms with Crippen LogP contribution in [0, 0.1) is 0 Å². The second-order valence-electron chi connectivity index (χ2n) is 8.53. The largest absolute Gasteiger partial charge is 0.491 e. The molecule has 0 unspecified atom stereocenters.